The third-order valence-electron chi connectivity index (χ3n) is 5.42. The largest absolute Gasteiger partial charge is 0.396 e. The number of aliphatic hydroxyl groups is 1. The van der Waals surface area contributed by atoms with E-state index in [1.165, 1.54) is 36.1 Å². The lowest BCUT2D eigenvalue weighted by molar-refractivity contribution is 0.272. The molecular formula is C25H36FNO. The maximum atomic E-state index is 13.6. The predicted molar refractivity (Wildman–Crippen MR) is 117 cm³/mol. The molecule has 3 heteroatoms. The van der Waals surface area contributed by atoms with Gasteiger partial charge in [-0.1, -0.05) is 66.5 Å². The number of hydrogen-bond acceptors (Lipinski definition) is 2. The van der Waals surface area contributed by atoms with Crippen LogP contribution in [0.2, 0.25) is 0 Å². The van der Waals surface area contributed by atoms with E-state index in [1.807, 2.05) is 12.1 Å². The molecule has 0 aliphatic rings. The molecule has 2 aromatic rings. The second-order valence-corrected chi connectivity index (χ2v) is 8.51. The fraction of sp³-hybridized carbons (Fsp3) is 0.560. The molecule has 154 valence electrons. The maximum Gasteiger partial charge on any atom is 0.123 e. The minimum Gasteiger partial charge on any atom is -0.396 e. The van der Waals surface area contributed by atoms with Gasteiger partial charge in [-0.25, -0.2) is 4.39 Å². The predicted octanol–water partition coefficient (Wildman–Crippen LogP) is 6.96. The Kier molecular flexibility index (Phi) is 8.18. The molecule has 0 aliphatic carbocycles. The van der Waals surface area contributed by atoms with Crippen LogP contribution in [0.15, 0.2) is 24.3 Å². The zero-order valence-electron chi connectivity index (χ0n) is 18.3. The molecule has 1 aromatic carbocycles. The summed E-state index contributed by atoms with van der Waals surface area (Å²) in [6.45, 7) is 13.0. The number of pyridine rings is 1. The summed E-state index contributed by atoms with van der Waals surface area (Å²) < 4.78 is 13.6. The molecule has 0 fully saturated rings. The Bertz CT molecular complexity index is 765. The van der Waals surface area contributed by atoms with E-state index in [4.69, 9.17) is 4.98 Å². The Balaban J connectivity index is 2.87. The van der Waals surface area contributed by atoms with Gasteiger partial charge in [-0.15, -0.1) is 0 Å². The van der Waals surface area contributed by atoms with Crippen LogP contribution in [-0.4, -0.2) is 16.7 Å². The lowest BCUT2D eigenvalue weighted by Gasteiger charge is -2.27. The van der Waals surface area contributed by atoms with Crippen LogP contribution in [0.5, 0.6) is 0 Å². The van der Waals surface area contributed by atoms with E-state index in [-0.39, 0.29) is 24.3 Å². The van der Waals surface area contributed by atoms with Crippen molar-refractivity contribution in [3.8, 4) is 11.1 Å². The van der Waals surface area contributed by atoms with Crippen LogP contribution < -0.4 is 0 Å². The first-order valence-corrected chi connectivity index (χ1v) is 10.7. The van der Waals surface area contributed by atoms with Crippen LogP contribution in [0, 0.1) is 5.82 Å². The third-order valence-corrected chi connectivity index (χ3v) is 5.42. The van der Waals surface area contributed by atoms with Crippen LogP contribution in [0.1, 0.15) is 101 Å². The Labute approximate surface area is 170 Å². The molecule has 1 atom stereocenters. The third kappa shape index (κ3) is 5.00. The molecule has 2 rings (SSSR count). The average Bonchev–Trinajstić information content (AvgIpc) is 2.67. The number of aliphatic hydroxyl groups excluding tert-OH is 1. The molecule has 1 unspecified atom stereocenters. The summed E-state index contributed by atoms with van der Waals surface area (Å²) in [5.41, 5.74) is 6.79. The zero-order valence-corrected chi connectivity index (χ0v) is 18.3. The van der Waals surface area contributed by atoms with Crippen LogP contribution in [-0.2, 0) is 6.42 Å². The molecule has 1 aromatic heterocycles. The average molecular weight is 386 g/mol. The highest BCUT2D eigenvalue weighted by Gasteiger charge is 2.26. The molecular weight excluding hydrogens is 349 g/mol. The van der Waals surface area contributed by atoms with E-state index >= 15 is 0 Å². The number of unbranched alkanes of at least 4 members (excludes halogenated alkanes) is 2. The number of benzene rings is 1. The van der Waals surface area contributed by atoms with Gasteiger partial charge >= 0.3 is 0 Å². The summed E-state index contributed by atoms with van der Waals surface area (Å²) in [6.07, 6.45) is 4.42. The van der Waals surface area contributed by atoms with Crippen molar-refractivity contribution in [2.75, 3.05) is 6.61 Å². The van der Waals surface area contributed by atoms with Gasteiger partial charge in [-0.2, -0.15) is 0 Å². The minimum atomic E-state index is -0.227. The van der Waals surface area contributed by atoms with E-state index in [1.54, 1.807) is 0 Å². The fourth-order valence-electron chi connectivity index (χ4n) is 3.94. The highest BCUT2D eigenvalue weighted by atomic mass is 19.1. The maximum absolute atomic E-state index is 13.6. The highest BCUT2D eigenvalue weighted by Crippen LogP contribution is 2.40. The van der Waals surface area contributed by atoms with Crippen molar-refractivity contribution in [1.29, 1.82) is 0 Å². The number of aromatic nitrogens is 1. The summed E-state index contributed by atoms with van der Waals surface area (Å²) in [4.78, 5) is 5.14. The molecule has 0 radical (unpaired) electrons. The standard InChI is InChI=1S/C25H36FNO/c1-7-8-9-10-21-23(19-11-13-20(26)14-12-19)22(18(6)15-28)25(17(4)5)27-24(21)16(2)3/h11-14,16-18,28H,7-10,15H2,1-6H3. The second-order valence-electron chi connectivity index (χ2n) is 8.51. The van der Waals surface area contributed by atoms with Crippen molar-refractivity contribution in [1.82, 2.24) is 4.98 Å². The van der Waals surface area contributed by atoms with Gasteiger partial charge in [0.15, 0.2) is 0 Å². The van der Waals surface area contributed by atoms with Crippen molar-refractivity contribution >= 4 is 0 Å². The molecule has 0 amide bonds. The van der Waals surface area contributed by atoms with E-state index in [2.05, 4.69) is 41.5 Å². The zero-order chi connectivity index (χ0) is 20.8. The van der Waals surface area contributed by atoms with Gasteiger partial charge in [0.05, 0.1) is 0 Å². The topological polar surface area (TPSA) is 33.1 Å². The van der Waals surface area contributed by atoms with Crippen molar-refractivity contribution in [2.45, 2.75) is 85.0 Å². The number of rotatable bonds is 9. The molecule has 1 heterocycles. The Morgan fingerprint density at radius 2 is 1.54 bits per heavy atom. The highest BCUT2D eigenvalue weighted by molar-refractivity contribution is 5.74. The summed E-state index contributed by atoms with van der Waals surface area (Å²) in [5.74, 6) is 0.323. The van der Waals surface area contributed by atoms with Gasteiger partial charge < -0.3 is 5.11 Å². The molecule has 0 bridgehead atoms. The van der Waals surface area contributed by atoms with Crippen LogP contribution in [0.25, 0.3) is 11.1 Å². The summed E-state index contributed by atoms with van der Waals surface area (Å²) in [6, 6.07) is 6.80. The summed E-state index contributed by atoms with van der Waals surface area (Å²) >= 11 is 0. The number of halogens is 1. The lowest BCUT2D eigenvalue weighted by Crippen LogP contribution is -2.15. The molecule has 0 saturated carbocycles. The second kappa shape index (κ2) is 10.2. The van der Waals surface area contributed by atoms with Gasteiger partial charge in [-0.05, 0) is 59.1 Å². The van der Waals surface area contributed by atoms with Crippen molar-refractivity contribution in [3.05, 3.63) is 52.6 Å². The minimum absolute atomic E-state index is 0.0175. The van der Waals surface area contributed by atoms with E-state index in [0.29, 0.717) is 5.92 Å². The fourth-order valence-corrected chi connectivity index (χ4v) is 3.94. The van der Waals surface area contributed by atoms with Crippen LogP contribution >= 0.6 is 0 Å². The molecule has 0 aliphatic heterocycles. The number of nitrogens with zero attached hydrogens (tertiary/aromatic N) is 1. The van der Waals surface area contributed by atoms with E-state index < -0.39 is 0 Å². The van der Waals surface area contributed by atoms with Crippen molar-refractivity contribution in [2.24, 2.45) is 0 Å². The first-order valence-electron chi connectivity index (χ1n) is 10.7. The Morgan fingerprint density at radius 1 is 0.929 bits per heavy atom. The molecule has 1 N–H and O–H groups in total. The lowest BCUT2D eigenvalue weighted by atomic mass is 9.81. The quantitative estimate of drug-likeness (QED) is 0.473. The molecule has 0 saturated heterocycles. The molecule has 0 spiro atoms. The van der Waals surface area contributed by atoms with Crippen molar-refractivity contribution in [3.63, 3.8) is 0 Å². The SMILES string of the molecule is CCCCCc1c(C(C)C)nc(C(C)C)c(C(C)CO)c1-c1ccc(F)cc1. The molecule has 28 heavy (non-hydrogen) atoms. The smallest absolute Gasteiger partial charge is 0.123 e. The Morgan fingerprint density at radius 3 is 2.04 bits per heavy atom. The van der Waals surface area contributed by atoms with Crippen LogP contribution in [0.4, 0.5) is 4.39 Å². The monoisotopic (exact) mass is 385 g/mol. The normalized spacial score (nSPS) is 12.8. The van der Waals surface area contributed by atoms with E-state index in [0.717, 1.165) is 35.4 Å². The van der Waals surface area contributed by atoms with Gasteiger partial charge in [0.1, 0.15) is 5.82 Å². The molecule has 2 nitrogen and oxygen atoms in total. The Hall–Kier alpha value is -1.74. The van der Waals surface area contributed by atoms with Gasteiger partial charge in [0, 0.05) is 23.9 Å². The number of hydrogen-bond donors (Lipinski definition) is 1. The van der Waals surface area contributed by atoms with E-state index in [9.17, 15) is 9.50 Å². The van der Waals surface area contributed by atoms with Gasteiger partial charge in [0.25, 0.3) is 0 Å². The summed E-state index contributed by atoms with van der Waals surface area (Å²) in [7, 11) is 0. The van der Waals surface area contributed by atoms with Crippen LogP contribution in [0.3, 0.4) is 0 Å². The first kappa shape index (κ1) is 22.5. The first-order chi connectivity index (χ1) is 13.3. The summed E-state index contributed by atoms with van der Waals surface area (Å²) in [5, 5.41) is 10.0. The van der Waals surface area contributed by atoms with Gasteiger partial charge in [-0.3, -0.25) is 4.98 Å². The van der Waals surface area contributed by atoms with Gasteiger partial charge in [0.2, 0.25) is 0 Å². The van der Waals surface area contributed by atoms with Crippen molar-refractivity contribution < 1.29 is 9.50 Å².